The summed E-state index contributed by atoms with van der Waals surface area (Å²) in [6, 6.07) is 7.39. The second-order valence-electron chi connectivity index (χ2n) is 3.90. The molecule has 0 aliphatic carbocycles. The highest BCUT2D eigenvalue weighted by molar-refractivity contribution is 5.94. The minimum atomic E-state index is -0.244. The van der Waals surface area contributed by atoms with Crippen molar-refractivity contribution in [2.75, 3.05) is 19.0 Å². The zero-order valence-corrected chi connectivity index (χ0v) is 10.8. The van der Waals surface area contributed by atoms with E-state index in [2.05, 4.69) is 10.2 Å². The van der Waals surface area contributed by atoms with Crippen LogP contribution in [-0.4, -0.2) is 25.0 Å². The summed E-state index contributed by atoms with van der Waals surface area (Å²) < 4.78 is 0. The SMILES string of the molecule is CCC(=O)/C(=C/O)N=Nc1ccc(N(C)C)cc1. The third-order valence-corrected chi connectivity index (χ3v) is 2.37. The molecule has 5 nitrogen and oxygen atoms in total. The zero-order chi connectivity index (χ0) is 13.5. The highest BCUT2D eigenvalue weighted by atomic mass is 16.2. The number of azo groups is 1. The Hall–Kier alpha value is -2.17. The van der Waals surface area contributed by atoms with Crippen molar-refractivity contribution in [3.63, 3.8) is 0 Å². The van der Waals surface area contributed by atoms with E-state index in [1.807, 2.05) is 31.1 Å². The highest BCUT2D eigenvalue weighted by Crippen LogP contribution is 2.19. The summed E-state index contributed by atoms with van der Waals surface area (Å²) in [4.78, 5) is 13.3. The molecule has 1 aromatic rings. The normalized spacial score (nSPS) is 11.8. The lowest BCUT2D eigenvalue weighted by molar-refractivity contribution is -0.115. The summed E-state index contributed by atoms with van der Waals surface area (Å²) in [7, 11) is 3.89. The molecule has 0 bridgehead atoms. The number of Topliss-reactive ketones (excluding diaryl/α,β-unsaturated/α-hetero) is 1. The molecule has 0 saturated heterocycles. The summed E-state index contributed by atoms with van der Waals surface area (Å²) in [5, 5.41) is 16.5. The van der Waals surface area contributed by atoms with Gasteiger partial charge in [-0.3, -0.25) is 4.79 Å². The summed E-state index contributed by atoms with van der Waals surface area (Å²) in [5.41, 5.74) is 1.65. The molecule has 0 amide bonds. The lowest BCUT2D eigenvalue weighted by Crippen LogP contribution is -2.07. The van der Waals surface area contributed by atoms with Crippen molar-refractivity contribution in [1.82, 2.24) is 0 Å². The van der Waals surface area contributed by atoms with Gasteiger partial charge in [-0.2, -0.15) is 5.11 Å². The van der Waals surface area contributed by atoms with Crippen LogP contribution >= 0.6 is 0 Å². The second-order valence-corrected chi connectivity index (χ2v) is 3.90. The van der Waals surface area contributed by atoms with Crippen molar-refractivity contribution in [2.24, 2.45) is 10.2 Å². The third-order valence-electron chi connectivity index (χ3n) is 2.37. The number of benzene rings is 1. The summed E-state index contributed by atoms with van der Waals surface area (Å²) >= 11 is 0. The van der Waals surface area contributed by atoms with Crippen LogP contribution in [0.4, 0.5) is 11.4 Å². The number of ketones is 1. The Bertz CT molecular complexity index is 462. The Labute approximate surface area is 106 Å². The lowest BCUT2D eigenvalue weighted by Gasteiger charge is -2.11. The molecule has 0 unspecified atom stereocenters. The molecule has 0 heterocycles. The number of rotatable bonds is 5. The van der Waals surface area contributed by atoms with Crippen LogP contribution in [0.5, 0.6) is 0 Å². The minimum absolute atomic E-state index is 0.0332. The van der Waals surface area contributed by atoms with Crippen LogP contribution in [0.1, 0.15) is 13.3 Å². The fraction of sp³-hybridized carbons (Fsp3) is 0.308. The van der Waals surface area contributed by atoms with Gasteiger partial charge in [0, 0.05) is 26.2 Å². The van der Waals surface area contributed by atoms with Crippen LogP contribution in [-0.2, 0) is 4.79 Å². The van der Waals surface area contributed by atoms with Crippen LogP contribution in [0.2, 0.25) is 0 Å². The van der Waals surface area contributed by atoms with Crippen LogP contribution in [0.25, 0.3) is 0 Å². The first-order chi connectivity index (χ1) is 8.58. The summed E-state index contributed by atoms with van der Waals surface area (Å²) in [5.74, 6) is -0.244. The monoisotopic (exact) mass is 247 g/mol. The number of hydrogen-bond acceptors (Lipinski definition) is 5. The predicted octanol–water partition coefficient (Wildman–Crippen LogP) is 3.21. The number of carbonyl (C=O) groups excluding carboxylic acids is 1. The van der Waals surface area contributed by atoms with Gasteiger partial charge in [-0.25, -0.2) is 0 Å². The molecular formula is C13H17N3O2. The van der Waals surface area contributed by atoms with E-state index in [0.717, 1.165) is 5.69 Å². The fourth-order valence-electron chi connectivity index (χ4n) is 1.26. The van der Waals surface area contributed by atoms with Crippen molar-refractivity contribution in [2.45, 2.75) is 13.3 Å². The van der Waals surface area contributed by atoms with E-state index in [9.17, 15) is 4.79 Å². The van der Waals surface area contributed by atoms with Crippen LogP contribution in [0.3, 0.4) is 0 Å². The first kappa shape index (κ1) is 13.9. The van der Waals surface area contributed by atoms with Crippen molar-refractivity contribution in [3.8, 4) is 0 Å². The standard InChI is InChI=1S/C13H17N3O2/c1-4-13(18)12(9-17)15-14-10-5-7-11(8-6-10)16(2)3/h5-9,17H,4H2,1-3H3/b12-9-,15-14?. The molecule has 0 saturated carbocycles. The molecule has 18 heavy (non-hydrogen) atoms. The smallest absolute Gasteiger partial charge is 0.185 e. The molecule has 1 aromatic carbocycles. The average Bonchev–Trinajstić information content (AvgIpc) is 2.39. The van der Waals surface area contributed by atoms with E-state index in [-0.39, 0.29) is 17.9 Å². The van der Waals surface area contributed by atoms with Crippen molar-refractivity contribution >= 4 is 17.2 Å². The molecule has 1 rings (SSSR count). The van der Waals surface area contributed by atoms with E-state index in [1.165, 1.54) is 0 Å². The van der Waals surface area contributed by atoms with Gasteiger partial charge in [0.2, 0.25) is 0 Å². The van der Waals surface area contributed by atoms with Gasteiger partial charge in [0.05, 0.1) is 5.69 Å². The Balaban J connectivity index is 2.81. The van der Waals surface area contributed by atoms with E-state index in [4.69, 9.17) is 5.11 Å². The highest BCUT2D eigenvalue weighted by Gasteiger charge is 2.05. The summed E-state index contributed by atoms with van der Waals surface area (Å²) in [6.07, 6.45) is 0.967. The van der Waals surface area contributed by atoms with Gasteiger partial charge < -0.3 is 10.0 Å². The van der Waals surface area contributed by atoms with E-state index >= 15 is 0 Å². The van der Waals surface area contributed by atoms with Gasteiger partial charge in [0.15, 0.2) is 11.5 Å². The van der Waals surface area contributed by atoms with Crippen molar-refractivity contribution < 1.29 is 9.90 Å². The molecule has 0 aliphatic rings. The molecule has 0 radical (unpaired) electrons. The first-order valence-corrected chi connectivity index (χ1v) is 5.65. The number of aliphatic hydroxyl groups is 1. The maximum atomic E-state index is 11.3. The Morgan fingerprint density at radius 1 is 1.33 bits per heavy atom. The molecule has 1 N–H and O–H groups in total. The van der Waals surface area contributed by atoms with Crippen LogP contribution < -0.4 is 4.90 Å². The quantitative estimate of drug-likeness (QED) is 0.493. The lowest BCUT2D eigenvalue weighted by atomic mass is 10.2. The molecule has 0 atom stereocenters. The molecule has 0 fully saturated rings. The zero-order valence-electron chi connectivity index (χ0n) is 10.8. The van der Waals surface area contributed by atoms with Gasteiger partial charge in [0.25, 0.3) is 0 Å². The Morgan fingerprint density at radius 3 is 2.39 bits per heavy atom. The van der Waals surface area contributed by atoms with Crippen molar-refractivity contribution in [1.29, 1.82) is 0 Å². The van der Waals surface area contributed by atoms with E-state index < -0.39 is 0 Å². The maximum absolute atomic E-state index is 11.3. The average molecular weight is 247 g/mol. The molecular weight excluding hydrogens is 230 g/mol. The minimum Gasteiger partial charge on any atom is -0.513 e. The molecule has 0 aromatic heterocycles. The van der Waals surface area contributed by atoms with Crippen LogP contribution in [0, 0.1) is 0 Å². The largest absolute Gasteiger partial charge is 0.513 e. The van der Waals surface area contributed by atoms with Gasteiger partial charge in [-0.05, 0) is 24.3 Å². The van der Waals surface area contributed by atoms with Gasteiger partial charge in [-0.1, -0.05) is 6.92 Å². The topological polar surface area (TPSA) is 65.3 Å². The molecule has 0 aliphatic heterocycles. The fourth-order valence-corrected chi connectivity index (χ4v) is 1.26. The third kappa shape index (κ3) is 3.69. The maximum Gasteiger partial charge on any atom is 0.185 e. The Kier molecular flexibility index (Phi) is 5.05. The molecule has 0 spiro atoms. The predicted molar refractivity (Wildman–Crippen MR) is 71.3 cm³/mol. The number of carbonyl (C=O) groups is 1. The second kappa shape index (κ2) is 6.54. The first-order valence-electron chi connectivity index (χ1n) is 5.65. The number of aliphatic hydroxyl groups excluding tert-OH is 1. The molecule has 5 heteroatoms. The number of nitrogens with zero attached hydrogens (tertiary/aromatic N) is 3. The van der Waals surface area contributed by atoms with Gasteiger partial charge in [-0.15, -0.1) is 5.11 Å². The van der Waals surface area contributed by atoms with Gasteiger partial charge in [0.1, 0.15) is 6.26 Å². The number of hydrogen-bond donors (Lipinski definition) is 1. The summed E-state index contributed by atoms with van der Waals surface area (Å²) in [6.45, 7) is 1.70. The van der Waals surface area contributed by atoms with E-state index in [0.29, 0.717) is 11.9 Å². The number of allylic oxidation sites excluding steroid dienone is 1. The Morgan fingerprint density at radius 2 is 1.94 bits per heavy atom. The van der Waals surface area contributed by atoms with E-state index in [1.54, 1.807) is 19.1 Å². The van der Waals surface area contributed by atoms with Gasteiger partial charge >= 0.3 is 0 Å². The van der Waals surface area contributed by atoms with Crippen LogP contribution in [0.15, 0.2) is 46.5 Å². The number of anilines is 1. The molecule has 96 valence electrons. The van der Waals surface area contributed by atoms with Crippen molar-refractivity contribution in [3.05, 3.63) is 36.2 Å².